The van der Waals surface area contributed by atoms with Crippen molar-refractivity contribution in [3.8, 4) is 0 Å². The molecule has 0 heterocycles. The highest BCUT2D eigenvalue weighted by atomic mass is 16.2. The average molecular weight is 265 g/mol. The maximum Gasteiger partial charge on any atom is 0.278 e. The minimum absolute atomic E-state index is 0.0625. The van der Waals surface area contributed by atoms with Crippen molar-refractivity contribution in [2.24, 2.45) is 0 Å². The van der Waals surface area contributed by atoms with Crippen LogP contribution >= 0.6 is 0 Å². The number of quaternary nitrogens is 2. The maximum absolute atomic E-state index is 11.9. The third kappa shape index (κ3) is 6.36. The van der Waals surface area contributed by atoms with Gasteiger partial charge in [0.25, 0.3) is 5.91 Å². The van der Waals surface area contributed by atoms with Gasteiger partial charge in [0.05, 0.1) is 6.54 Å². The van der Waals surface area contributed by atoms with Crippen LogP contribution in [0.2, 0.25) is 0 Å². The number of hydrogen-bond donors (Lipinski definition) is 3. The number of amides is 1. The quantitative estimate of drug-likeness (QED) is 0.557. The molecule has 0 saturated carbocycles. The van der Waals surface area contributed by atoms with Crippen molar-refractivity contribution in [2.75, 3.05) is 6.54 Å². The van der Waals surface area contributed by atoms with Gasteiger partial charge in [-0.2, -0.15) is 0 Å². The zero-order valence-electron chi connectivity index (χ0n) is 11.9. The molecule has 0 aromatic heterocycles. The van der Waals surface area contributed by atoms with E-state index in [9.17, 15) is 4.79 Å². The van der Waals surface area contributed by atoms with Crippen molar-refractivity contribution >= 4 is 5.91 Å². The van der Waals surface area contributed by atoms with Gasteiger partial charge in [0, 0.05) is 12.5 Å². The Labute approximate surface area is 115 Å². The summed E-state index contributed by atoms with van der Waals surface area (Å²) in [6, 6.07) is 10.2. The first-order valence-corrected chi connectivity index (χ1v) is 7.10. The van der Waals surface area contributed by atoms with E-state index in [-0.39, 0.29) is 18.0 Å². The summed E-state index contributed by atoms with van der Waals surface area (Å²) in [6.07, 6.45) is 3.80. The molecule has 0 aliphatic rings. The van der Waals surface area contributed by atoms with Crippen LogP contribution in [0.4, 0.5) is 0 Å². The molecule has 2 atom stereocenters. The van der Waals surface area contributed by atoms with E-state index in [1.807, 2.05) is 25.1 Å². The van der Waals surface area contributed by atoms with E-state index in [2.05, 4.69) is 28.9 Å². The van der Waals surface area contributed by atoms with Crippen molar-refractivity contribution in [3.63, 3.8) is 0 Å². The summed E-state index contributed by atoms with van der Waals surface area (Å²) in [5, 5.41) is 3.04. The molecule has 0 aliphatic heterocycles. The maximum atomic E-state index is 11.9. The SMILES string of the molecule is CC(Cc1ccccc1)NC(=O)C([NH3+])CCCC[NH3+]. The highest BCUT2D eigenvalue weighted by Gasteiger charge is 2.18. The van der Waals surface area contributed by atoms with Crippen molar-refractivity contribution < 1.29 is 16.3 Å². The largest absolute Gasteiger partial charge is 0.358 e. The molecule has 0 bridgehead atoms. The number of unbranched alkanes of at least 4 members (excludes halogenated alkanes) is 1. The Bertz CT molecular complexity index is 367. The minimum atomic E-state index is -0.148. The van der Waals surface area contributed by atoms with Gasteiger partial charge in [-0.1, -0.05) is 30.3 Å². The number of hydrogen-bond acceptors (Lipinski definition) is 1. The van der Waals surface area contributed by atoms with Crippen LogP contribution in [0.3, 0.4) is 0 Å². The van der Waals surface area contributed by atoms with Crippen molar-refractivity contribution in [2.45, 2.75) is 44.7 Å². The lowest BCUT2D eigenvalue weighted by atomic mass is 10.1. The summed E-state index contributed by atoms with van der Waals surface area (Å²) < 4.78 is 0. The topological polar surface area (TPSA) is 84.4 Å². The lowest BCUT2D eigenvalue weighted by Gasteiger charge is -2.16. The van der Waals surface area contributed by atoms with E-state index in [1.54, 1.807) is 0 Å². The van der Waals surface area contributed by atoms with Gasteiger partial charge in [0.1, 0.15) is 0 Å². The molecule has 1 rings (SSSR count). The van der Waals surface area contributed by atoms with E-state index in [0.29, 0.717) is 0 Å². The first kappa shape index (κ1) is 15.7. The van der Waals surface area contributed by atoms with Gasteiger partial charge in [-0.15, -0.1) is 0 Å². The van der Waals surface area contributed by atoms with E-state index in [0.717, 1.165) is 32.2 Å². The summed E-state index contributed by atoms with van der Waals surface area (Å²) in [6.45, 7) is 2.96. The van der Waals surface area contributed by atoms with Gasteiger partial charge in [-0.05, 0) is 31.7 Å². The highest BCUT2D eigenvalue weighted by molar-refractivity contribution is 5.80. The third-order valence-electron chi connectivity index (χ3n) is 3.20. The van der Waals surface area contributed by atoms with Crippen molar-refractivity contribution in [1.29, 1.82) is 0 Å². The van der Waals surface area contributed by atoms with Gasteiger partial charge in [0.2, 0.25) is 0 Å². The Morgan fingerprint density at radius 3 is 2.58 bits per heavy atom. The van der Waals surface area contributed by atoms with Crippen LogP contribution in [0.1, 0.15) is 31.7 Å². The molecule has 4 nitrogen and oxygen atoms in total. The van der Waals surface area contributed by atoms with Crippen LogP contribution < -0.4 is 16.8 Å². The molecule has 0 saturated heterocycles. The second kappa shape index (κ2) is 8.67. The lowest BCUT2D eigenvalue weighted by Crippen LogP contribution is -2.68. The Morgan fingerprint density at radius 1 is 1.26 bits per heavy atom. The first-order valence-electron chi connectivity index (χ1n) is 7.10. The summed E-state index contributed by atoms with van der Waals surface area (Å²) in [5.41, 5.74) is 8.98. The van der Waals surface area contributed by atoms with Crippen LogP contribution in [0.15, 0.2) is 30.3 Å². The summed E-state index contributed by atoms with van der Waals surface area (Å²) in [4.78, 5) is 11.9. The van der Waals surface area contributed by atoms with E-state index in [1.165, 1.54) is 5.56 Å². The smallest absolute Gasteiger partial charge is 0.278 e. The Hall–Kier alpha value is -1.39. The third-order valence-corrected chi connectivity index (χ3v) is 3.20. The predicted octanol–water partition coefficient (Wildman–Crippen LogP) is -0.243. The Morgan fingerprint density at radius 2 is 1.95 bits per heavy atom. The average Bonchev–Trinajstić information content (AvgIpc) is 2.39. The van der Waals surface area contributed by atoms with Gasteiger partial charge in [-0.25, -0.2) is 0 Å². The zero-order chi connectivity index (χ0) is 14.1. The molecule has 7 N–H and O–H groups in total. The molecule has 4 heteroatoms. The van der Waals surface area contributed by atoms with E-state index in [4.69, 9.17) is 0 Å². The van der Waals surface area contributed by atoms with E-state index < -0.39 is 0 Å². The van der Waals surface area contributed by atoms with Gasteiger partial charge in [-0.3, -0.25) is 4.79 Å². The second-order valence-corrected chi connectivity index (χ2v) is 5.15. The molecule has 1 amide bonds. The minimum Gasteiger partial charge on any atom is -0.358 e. The van der Waals surface area contributed by atoms with Crippen LogP contribution in [0.5, 0.6) is 0 Å². The van der Waals surface area contributed by atoms with Crippen molar-refractivity contribution in [3.05, 3.63) is 35.9 Å². The Balaban J connectivity index is 2.31. The first-order chi connectivity index (χ1) is 9.13. The molecule has 106 valence electrons. The molecule has 0 aliphatic carbocycles. The van der Waals surface area contributed by atoms with Gasteiger partial charge in [0.15, 0.2) is 6.04 Å². The molecular formula is C15H27N3O+2. The van der Waals surface area contributed by atoms with E-state index >= 15 is 0 Å². The van der Waals surface area contributed by atoms with Crippen molar-refractivity contribution in [1.82, 2.24) is 5.32 Å². The van der Waals surface area contributed by atoms with Crippen LogP contribution in [0, 0.1) is 0 Å². The monoisotopic (exact) mass is 265 g/mol. The Kier molecular flexibility index (Phi) is 7.15. The van der Waals surface area contributed by atoms with Crippen LogP contribution in [0.25, 0.3) is 0 Å². The number of carbonyl (C=O) groups excluding carboxylic acids is 1. The molecule has 0 radical (unpaired) electrons. The molecule has 0 fully saturated rings. The lowest BCUT2D eigenvalue weighted by molar-refractivity contribution is -0.406. The predicted molar refractivity (Wildman–Crippen MR) is 76.0 cm³/mol. The molecule has 1 aromatic carbocycles. The van der Waals surface area contributed by atoms with Crippen LogP contribution in [-0.4, -0.2) is 24.5 Å². The molecule has 19 heavy (non-hydrogen) atoms. The summed E-state index contributed by atoms with van der Waals surface area (Å²) in [5.74, 6) is 0.0625. The summed E-state index contributed by atoms with van der Waals surface area (Å²) in [7, 11) is 0. The van der Waals surface area contributed by atoms with Crippen LogP contribution in [-0.2, 0) is 11.2 Å². The van der Waals surface area contributed by atoms with Gasteiger partial charge < -0.3 is 16.8 Å². The molecule has 1 aromatic rings. The number of nitrogens with one attached hydrogen (secondary N) is 1. The standard InChI is InChI=1S/C15H25N3O/c1-12(11-13-7-3-2-4-8-13)18-15(19)14(17)9-5-6-10-16/h2-4,7-8,12,14H,5-6,9-11,16-17H2,1H3,(H,18,19)/p+2. The second-order valence-electron chi connectivity index (χ2n) is 5.15. The fourth-order valence-electron chi connectivity index (χ4n) is 2.08. The fourth-order valence-corrected chi connectivity index (χ4v) is 2.08. The number of carbonyl (C=O) groups is 1. The zero-order valence-corrected chi connectivity index (χ0v) is 11.9. The molecular weight excluding hydrogens is 238 g/mol. The number of benzene rings is 1. The number of rotatable bonds is 8. The summed E-state index contributed by atoms with van der Waals surface area (Å²) >= 11 is 0. The highest BCUT2D eigenvalue weighted by Crippen LogP contribution is 2.03. The van der Waals surface area contributed by atoms with Gasteiger partial charge >= 0.3 is 0 Å². The molecule has 2 unspecified atom stereocenters. The molecule has 0 spiro atoms. The fraction of sp³-hybridized carbons (Fsp3) is 0.533. The normalized spacial score (nSPS) is 13.8.